The molecular formula is C36H41N3O6S. The van der Waals surface area contributed by atoms with Crippen molar-refractivity contribution in [3.63, 3.8) is 0 Å². The smallest absolute Gasteiger partial charge is 0.264 e. The Labute approximate surface area is 271 Å². The molecule has 1 unspecified atom stereocenters. The molecule has 0 fully saturated rings. The minimum Gasteiger partial charge on any atom is -0.497 e. The van der Waals surface area contributed by atoms with Gasteiger partial charge in [-0.15, -0.1) is 0 Å². The summed E-state index contributed by atoms with van der Waals surface area (Å²) in [5.41, 5.74) is 2.68. The zero-order valence-corrected chi connectivity index (χ0v) is 27.5. The first-order valence-electron chi connectivity index (χ1n) is 15.1. The van der Waals surface area contributed by atoms with Gasteiger partial charge in [-0.3, -0.25) is 13.9 Å². The van der Waals surface area contributed by atoms with Crippen LogP contribution in [0.3, 0.4) is 0 Å². The molecule has 0 heterocycles. The molecule has 0 aromatic heterocycles. The lowest BCUT2D eigenvalue weighted by atomic mass is 10.0. The van der Waals surface area contributed by atoms with Gasteiger partial charge in [0.2, 0.25) is 11.8 Å². The van der Waals surface area contributed by atoms with Gasteiger partial charge >= 0.3 is 0 Å². The SMILES string of the molecule is CCCNC(=O)C(Cc1ccccc1)N(Cc1cccc(OC)c1)C(=O)CN(c1ccccc1OC)S(=O)(=O)c1ccc(C)cc1. The molecule has 0 aliphatic rings. The highest BCUT2D eigenvalue weighted by Gasteiger charge is 2.35. The van der Waals surface area contributed by atoms with Crippen molar-refractivity contribution in [2.45, 2.75) is 44.2 Å². The Bertz CT molecular complexity index is 1710. The fourth-order valence-electron chi connectivity index (χ4n) is 5.07. The predicted octanol–water partition coefficient (Wildman–Crippen LogP) is 5.37. The molecule has 0 spiro atoms. The lowest BCUT2D eigenvalue weighted by molar-refractivity contribution is -0.140. The van der Waals surface area contributed by atoms with E-state index in [2.05, 4.69) is 5.32 Å². The fourth-order valence-corrected chi connectivity index (χ4v) is 6.50. The summed E-state index contributed by atoms with van der Waals surface area (Å²) in [4.78, 5) is 29.9. The number of amides is 2. The van der Waals surface area contributed by atoms with E-state index in [1.165, 1.54) is 24.1 Å². The molecule has 4 aromatic carbocycles. The minimum atomic E-state index is -4.25. The Kier molecular flexibility index (Phi) is 11.8. The number of carbonyl (C=O) groups is 2. The second kappa shape index (κ2) is 15.9. The van der Waals surface area contributed by atoms with E-state index < -0.39 is 28.5 Å². The first-order valence-corrected chi connectivity index (χ1v) is 16.6. The lowest BCUT2D eigenvalue weighted by Crippen LogP contribution is -2.53. The molecule has 0 bridgehead atoms. The number of methoxy groups -OCH3 is 2. The summed E-state index contributed by atoms with van der Waals surface area (Å²) in [7, 11) is -1.25. The Balaban J connectivity index is 1.83. The minimum absolute atomic E-state index is 0.0256. The predicted molar refractivity (Wildman–Crippen MR) is 179 cm³/mol. The molecule has 1 atom stereocenters. The van der Waals surface area contributed by atoms with Crippen LogP contribution in [0.4, 0.5) is 5.69 Å². The van der Waals surface area contributed by atoms with Crippen LogP contribution in [0.15, 0.2) is 108 Å². The fraction of sp³-hybridized carbons (Fsp3) is 0.278. The second-order valence-corrected chi connectivity index (χ2v) is 12.7. The Morgan fingerprint density at radius 1 is 0.826 bits per heavy atom. The van der Waals surface area contributed by atoms with E-state index in [1.807, 2.05) is 56.3 Å². The van der Waals surface area contributed by atoms with Crippen LogP contribution in [0.1, 0.15) is 30.0 Å². The molecule has 1 N–H and O–H groups in total. The largest absolute Gasteiger partial charge is 0.497 e. The number of para-hydroxylation sites is 2. The molecule has 242 valence electrons. The van der Waals surface area contributed by atoms with Crippen LogP contribution < -0.4 is 19.1 Å². The van der Waals surface area contributed by atoms with Crippen molar-refractivity contribution in [3.05, 3.63) is 120 Å². The number of anilines is 1. The first kappa shape index (κ1) is 34.1. The number of hydrogen-bond acceptors (Lipinski definition) is 6. The third-order valence-corrected chi connectivity index (χ3v) is 9.32. The normalized spacial score (nSPS) is 11.7. The van der Waals surface area contributed by atoms with Crippen LogP contribution in [0.2, 0.25) is 0 Å². The molecule has 0 aliphatic carbocycles. The standard InChI is InChI=1S/C36H41N3O6S/c1-5-22-37-36(41)33(24-28-12-7-6-8-13-28)38(25-29-14-11-15-30(23-29)44-3)35(40)26-39(32-16-9-10-17-34(32)45-4)46(42,43)31-20-18-27(2)19-21-31/h6-21,23,33H,5,22,24-26H2,1-4H3,(H,37,41). The van der Waals surface area contributed by atoms with E-state index in [0.717, 1.165) is 21.0 Å². The van der Waals surface area contributed by atoms with Gasteiger partial charge in [0.05, 0.1) is 24.8 Å². The number of ether oxygens (including phenoxy) is 2. The van der Waals surface area contributed by atoms with E-state index >= 15 is 0 Å². The quantitative estimate of drug-likeness (QED) is 0.187. The Hall–Kier alpha value is -4.83. The van der Waals surface area contributed by atoms with Crippen molar-refractivity contribution >= 4 is 27.5 Å². The summed E-state index contributed by atoms with van der Waals surface area (Å²) < 4.78 is 40.5. The van der Waals surface area contributed by atoms with Crippen molar-refractivity contribution in [1.29, 1.82) is 0 Å². The number of benzene rings is 4. The summed E-state index contributed by atoms with van der Waals surface area (Å²) in [6.45, 7) is 3.71. The van der Waals surface area contributed by atoms with E-state index in [-0.39, 0.29) is 35.2 Å². The number of carbonyl (C=O) groups excluding carboxylic acids is 2. The number of rotatable bonds is 15. The molecule has 4 aromatic rings. The molecule has 4 rings (SSSR count). The molecule has 0 radical (unpaired) electrons. The van der Waals surface area contributed by atoms with Crippen molar-refractivity contribution in [2.75, 3.05) is 31.6 Å². The highest BCUT2D eigenvalue weighted by atomic mass is 32.2. The molecule has 2 amide bonds. The van der Waals surface area contributed by atoms with E-state index in [9.17, 15) is 18.0 Å². The number of hydrogen-bond donors (Lipinski definition) is 1. The van der Waals surface area contributed by atoms with Crippen LogP contribution in [0.5, 0.6) is 11.5 Å². The van der Waals surface area contributed by atoms with Crippen LogP contribution >= 0.6 is 0 Å². The van der Waals surface area contributed by atoms with Gasteiger partial charge in [0, 0.05) is 19.5 Å². The van der Waals surface area contributed by atoms with Gasteiger partial charge in [0.25, 0.3) is 10.0 Å². The molecule has 10 heteroatoms. The van der Waals surface area contributed by atoms with Gasteiger partial charge in [0.1, 0.15) is 24.1 Å². The lowest BCUT2D eigenvalue weighted by Gasteiger charge is -2.34. The molecule has 0 saturated heterocycles. The number of sulfonamides is 1. The first-order chi connectivity index (χ1) is 22.2. The molecule has 0 aliphatic heterocycles. The van der Waals surface area contributed by atoms with Crippen LogP contribution in [0.25, 0.3) is 0 Å². The van der Waals surface area contributed by atoms with Gasteiger partial charge in [-0.25, -0.2) is 8.42 Å². The highest BCUT2D eigenvalue weighted by Crippen LogP contribution is 2.33. The maximum Gasteiger partial charge on any atom is 0.264 e. The highest BCUT2D eigenvalue weighted by molar-refractivity contribution is 7.92. The van der Waals surface area contributed by atoms with E-state index in [4.69, 9.17) is 9.47 Å². The van der Waals surface area contributed by atoms with Crippen LogP contribution in [-0.4, -0.2) is 58.5 Å². The molecule has 9 nitrogen and oxygen atoms in total. The monoisotopic (exact) mass is 643 g/mol. The van der Waals surface area contributed by atoms with E-state index in [0.29, 0.717) is 18.7 Å². The maximum absolute atomic E-state index is 14.6. The van der Waals surface area contributed by atoms with Crippen LogP contribution in [0, 0.1) is 6.92 Å². The Morgan fingerprint density at radius 2 is 1.50 bits per heavy atom. The molecule has 46 heavy (non-hydrogen) atoms. The van der Waals surface area contributed by atoms with Crippen LogP contribution in [-0.2, 0) is 32.6 Å². The average molecular weight is 644 g/mol. The van der Waals surface area contributed by atoms with Gasteiger partial charge in [-0.1, -0.05) is 79.2 Å². The topological polar surface area (TPSA) is 105 Å². The Morgan fingerprint density at radius 3 is 2.17 bits per heavy atom. The zero-order valence-electron chi connectivity index (χ0n) is 26.7. The number of nitrogens with one attached hydrogen (secondary N) is 1. The van der Waals surface area contributed by atoms with Crippen molar-refractivity contribution in [1.82, 2.24) is 10.2 Å². The number of aryl methyl sites for hydroxylation is 1. The van der Waals surface area contributed by atoms with Crippen molar-refractivity contribution in [3.8, 4) is 11.5 Å². The summed E-state index contributed by atoms with van der Waals surface area (Å²) >= 11 is 0. The summed E-state index contributed by atoms with van der Waals surface area (Å²) in [6.07, 6.45) is 0.940. The summed E-state index contributed by atoms with van der Waals surface area (Å²) in [5.74, 6) is -0.00595. The average Bonchev–Trinajstić information content (AvgIpc) is 3.08. The maximum atomic E-state index is 14.6. The van der Waals surface area contributed by atoms with Crippen molar-refractivity contribution in [2.24, 2.45) is 0 Å². The third kappa shape index (κ3) is 8.45. The second-order valence-electron chi connectivity index (χ2n) is 10.9. The van der Waals surface area contributed by atoms with Gasteiger partial charge < -0.3 is 19.7 Å². The number of nitrogens with zero attached hydrogens (tertiary/aromatic N) is 2. The molecular weight excluding hydrogens is 602 g/mol. The third-order valence-electron chi connectivity index (χ3n) is 7.55. The van der Waals surface area contributed by atoms with Crippen molar-refractivity contribution < 1.29 is 27.5 Å². The summed E-state index contributed by atoms with van der Waals surface area (Å²) in [6, 6.07) is 28.8. The van der Waals surface area contributed by atoms with E-state index in [1.54, 1.807) is 55.6 Å². The van der Waals surface area contributed by atoms with Gasteiger partial charge in [-0.2, -0.15) is 0 Å². The zero-order chi connectivity index (χ0) is 33.1. The molecule has 0 saturated carbocycles. The van der Waals surface area contributed by atoms with Gasteiger partial charge in [0.15, 0.2) is 0 Å². The summed E-state index contributed by atoms with van der Waals surface area (Å²) in [5, 5.41) is 2.95. The van der Waals surface area contributed by atoms with Gasteiger partial charge in [-0.05, 0) is 60.9 Å².